The van der Waals surface area contributed by atoms with E-state index in [9.17, 15) is 4.79 Å². The third-order valence-corrected chi connectivity index (χ3v) is 2.69. The molecule has 1 aliphatic carbocycles. The second-order valence-electron chi connectivity index (χ2n) is 4.16. The predicted molar refractivity (Wildman–Crippen MR) is 69.3 cm³/mol. The van der Waals surface area contributed by atoms with Crippen LogP contribution in [-0.2, 0) is 0 Å². The summed E-state index contributed by atoms with van der Waals surface area (Å²) in [6.45, 7) is 2.05. The van der Waals surface area contributed by atoms with Gasteiger partial charge in [-0.1, -0.05) is 11.6 Å². The zero-order chi connectivity index (χ0) is 13.0. The Morgan fingerprint density at radius 1 is 1.50 bits per heavy atom. The molecule has 0 radical (unpaired) electrons. The molecule has 0 aromatic carbocycles. The molecule has 2 rings (SSSR count). The van der Waals surface area contributed by atoms with Crippen molar-refractivity contribution < 1.29 is 9.53 Å². The van der Waals surface area contributed by atoms with Gasteiger partial charge in [-0.25, -0.2) is 0 Å². The Hall–Kier alpha value is -2.10. The predicted octanol–water partition coefficient (Wildman–Crippen LogP) is 2.44. The van der Waals surface area contributed by atoms with E-state index in [0.29, 0.717) is 11.4 Å². The van der Waals surface area contributed by atoms with Crippen molar-refractivity contribution in [2.75, 3.05) is 7.05 Å². The number of ether oxygens (including phenoxy) is 1. The maximum Gasteiger partial charge on any atom is 0.269 e. The van der Waals surface area contributed by atoms with Crippen molar-refractivity contribution in [3.8, 4) is 5.75 Å². The summed E-state index contributed by atoms with van der Waals surface area (Å²) in [5.41, 5.74) is 1.57. The molecule has 1 heterocycles. The topological polar surface area (TPSA) is 51.2 Å². The fourth-order valence-electron chi connectivity index (χ4n) is 1.79. The normalized spacial score (nSPS) is 14.6. The Labute approximate surface area is 106 Å². The van der Waals surface area contributed by atoms with Gasteiger partial charge < -0.3 is 10.1 Å². The molecule has 4 nitrogen and oxygen atoms in total. The monoisotopic (exact) mass is 244 g/mol. The van der Waals surface area contributed by atoms with Crippen LogP contribution in [0, 0.1) is 0 Å². The summed E-state index contributed by atoms with van der Waals surface area (Å²) in [6, 6.07) is 3.40. The molecule has 0 aliphatic heterocycles. The lowest BCUT2D eigenvalue weighted by atomic mass is 10.1. The third-order valence-electron chi connectivity index (χ3n) is 2.69. The van der Waals surface area contributed by atoms with E-state index in [-0.39, 0.29) is 5.91 Å². The van der Waals surface area contributed by atoms with Crippen LogP contribution >= 0.6 is 0 Å². The van der Waals surface area contributed by atoms with Crippen molar-refractivity contribution in [2.45, 2.75) is 19.8 Å². The summed E-state index contributed by atoms with van der Waals surface area (Å²) in [5.74, 6) is 1.35. The van der Waals surface area contributed by atoms with Crippen LogP contribution in [0.3, 0.4) is 0 Å². The lowest BCUT2D eigenvalue weighted by Crippen LogP contribution is -2.19. The number of rotatable bonds is 3. The number of amides is 1. The second-order valence-corrected chi connectivity index (χ2v) is 4.16. The van der Waals surface area contributed by atoms with E-state index >= 15 is 0 Å². The van der Waals surface area contributed by atoms with Gasteiger partial charge in [-0.2, -0.15) is 0 Å². The van der Waals surface area contributed by atoms with Gasteiger partial charge in [0.05, 0.1) is 0 Å². The Kier molecular flexibility index (Phi) is 3.77. The fraction of sp³-hybridized carbons (Fsp3) is 0.286. The molecule has 0 saturated heterocycles. The first-order valence-electron chi connectivity index (χ1n) is 5.92. The smallest absolute Gasteiger partial charge is 0.269 e. The third kappa shape index (κ3) is 2.97. The fourth-order valence-corrected chi connectivity index (χ4v) is 1.79. The molecule has 1 N–H and O–H groups in total. The molecule has 1 amide bonds. The van der Waals surface area contributed by atoms with Gasteiger partial charge in [0, 0.05) is 25.7 Å². The first-order valence-corrected chi connectivity index (χ1v) is 5.92. The Morgan fingerprint density at radius 3 is 3.06 bits per heavy atom. The summed E-state index contributed by atoms with van der Waals surface area (Å²) >= 11 is 0. The highest BCUT2D eigenvalue weighted by molar-refractivity contribution is 5.92. The highest BCUT2D eigenvalue weighted by Gasteiger charge is 2.09. The molecular weight excluding hydrogens is 228 g/mol. The van der Waals surface area contributed by atoms with Gasteiger partial charge >= 0.3 is 0 Å². The highest BCUT2D eigenvalue weighted by Crippen LogP contribution is 2.21. The van der Waals surface area contributed by atoms with Crippen LogP contribution in [-0.4, -0.2) is 17.9 Å². The average Bonchev–Trinajstić information content (AvgIpc) is 2.38. The maximum absolute atomic E-state index is 11.5. The van der Waals surface area contributed by atoms with Crippen LogP contribution in [0.2, 0.25) is 0 Å². The van der Waals surface area contributed by atoms with Crippen molar-refractivity contribution in [2.24, 2.45) is 0 Å². The molecule has 0 bridgehead atoms. The summed E-state index contributed by atoms with van der Waals surface area (Å²) in [5, 5.41) is 2.54. The summed E-state index contributed by atoms with van der Waals surface area (Å²) < 4.78 is 5.76. The number of carbonyl (C=O) groups is 1. The molecule has 1 aliphatic rings. The molecule has 0 spiro atoms. The highest BCUT2D eigenvalue weighted by atomic mass is 16.5. The lowest BCUT2D eigenvalue weighted by molar-refractivity contribution is 0.0957. The molecular formula is C14H16N2O2. The van der Waals surface area contributed by atoms with Crippen molar-refractivity contribution in [3.63, 3.8) is 0 Å². The summed E-state index contributed by atoms with van der Waals surface area (Å²) in [4.78, 5) is 15.5. The molecule has 1 aromatic heterocycles. The Morgan fingerprint density at radius 2 is 2.33 bits per heavy atom. The summed E-state index contributed by atoms with van der Waals surface area (Å²) in [7, 11) is 1.58. The van der Waals surface area contributed by atoms with E-state index in [2.05, 4.69) is 16.4 Å². The zero-order valence-corrected chi connectivity index (χ0v) is 10.6. The van der Waals surface area contributed by atoms with Gasteiger partial charge in [-0.3, -0.25) is 9.78 Å². The molecule has 0 fully saturated rings. The van der Waals surface area contributed by atoms with Gasteiger partial charge in [0.2, 0.25) is 0 Å². The van der Waals surface area contributed by atoms with Crippen molar-refractivity contribution in [3.05, 3.63) is 47.5 Å². The second kappa shape index (κ2) is 5.49. The minimum atomic E-state index is -0.214. The zero-order valence-electron chi connectivity index (χ0n) is 10.6. The van der Waals surface area contributed by atoms with E-state index < -0.39 is 0 Å². The van der Waals surface area contributed by atoms with Crippen molar-refractivity contribution in [1.82, 2.24) is 10.3 Å². The van der Waals surface area contributed by atoms with E-state index in [1.807, 2.05) is 13.0 Å². The number of carbonyl (C=O) groups excluding carboxylic acids is 1. The number of nitrogens with one attached hydrogen (secondary N) is 1. The molecule has 4 heteroatoms. The van der Waals surface area contributed by atoms with E-state index in [4.69, 9.17) is 4.74 Å². The van der Waals surface area contributed by atoms with Crippen LogP contribution < -0.4 is 10.1 Å². The van der Waals surface area contributed by atoms with Crippen LogP contribution in [0.1, 0.15) is 30.3 Å². The van der Waals surface area contributed by atoms with Crippen LogP contribution in [0.25, 0.3) is 0 Å². The SMILES string of the molecule is CNC(=O)c1cc(OC2=CC(C)=CCC2)ccn1. The first kappa shape index (κ1) is 12.4. The van der Waals surface area contributed by atoms with Crippen molar-refractivity contribution in [1.29, 1.82) is 0 Å². The minimum Gasteiger partial charge on any atom is -0.462 e. The molecule has 0 atom stereocenters. The standard InChI is InChI=1S/C14H16N2O2/c1-10-4-3-5-11(8-10)18-12-6-7-16-13(9-12)14(17)15-2/h4,6-9H,3,5H2,1-2H3,(H,15,17). The lowest BCUT2D eigenvalue weighted by Gasteiger charge is -2.13. The molecule has 18 heavy (non-hydrogen) atoms. The van der Waals surface area contributed by atoms with Gasteiger partial charge in [-0.15, -0.1) is 0 Å². The Balaban J connectivity index is 2.15. The van der Waals surface area contributed by atoms with Gasteiger partial charge in [-0.05, 0) is 25.5 Å². The number of allylic oxidation sites excluding steroid dienone is 4. The molecule has 94 valence electrons. The number of hydrogen-bond donors (Lipinski definition) is 1. The minimum absolute atomic E-state index is 0.214. The molecule has 0 saturated carbocycles. The number of aromatic nitrogens is 1. The van der Waals surface area contributed by atoms with E-state index in [0.717, 1.165) is 18.6 Å². The van der Waals surface area contributed by atoms with Gasteiger partial charge in [0.1, 0.15) is 17.2 Å². The molecule has 0 unspecified atom stereocenters. The van der Waals surface area contributed by atoms with Crippen molar-refractivity contribution >= 4 is 5.91 Å². The largest absolute Gasteiger partial charge is 0.462 e. The van der Waals surface area contributed by atoms with E-state index in [1.54, 1.807) is 25.4 Å². The number of hydrogen-bond acceptors (Lipinski definition) is 3. The quantitative estimate of drug-likeness (QED) is 0.888. The summed E-state index contributed by atoms with van der Waals surface area (Å²) in [6.07, 6.45) is 7.64. The van der Waals surface area contributed by atoms with Gasteiger partial charge in [0.25, 0.3) is 5.91 Å². The van der Waals surface area contributed by atoms with E-state index in [1.165, 1.54) is 5.57 Å². The first-order chi connectivity index (χ1) is 8.69. The van der Waals surface area contributed by atoms with Crippen LogP contribution in [0.5, 0.6) is 5.75 Å². The number of nitrogens with zero attached hydrogens (tertiary/aromatic N) is 1. The average molecular weight is 244 g/mol. The van der Waals surface area contributed by atoms with Gasteiger partial charge in [0.15, 0.2) is 0 Å². The number of pyridine rings is 1. The molecule has 1 aromatic rings. The van der Waals surface area contributed by atoms with Crippen LogP contribution in [0.15, 0.2) is 41.8 Å². The Bertz CT molecular complexity index is 518. The van der Waals surface area contributed by atoms with Crippen LogP contribution in [0.4, 0.5) is 0 Å². The maximum atomic E-state index is 11.5.